The van der Waals surface area contributed by atoms with Crippen molar-refractivity contribution in [3.8, 4) is 6.07 Å². The minimum Gasteiger partial charge on any atom is -0.354 e. The summed E-state index contributed by atoms with van der Waals surface area (Å²) in [7, 11) is 0. The quantitative estimate of drug-likeness (QED) is 0.843. The number of hydrogen-bond donors (Lipinski definition) is 1. The van der Waals surface area contributed by atoms with Crippen molar-refractivity contribution in [2.24, 2.45) is 5.73 Å². The number of anilines is 1. The fraction of sp³-hybridized carbons (Fsp3) is 0.333. The summed E-state index contributed by atoms with van der Waals surface area (Å²) in [5.74, 6) is 0.774. The zero-order valence-electron chi connectivity index (χ0n) is 10.7. The first kappa shape index (κ1) is 11.9. The van der Waals surface area contributed by atoms with Gasteiger partial charge in [0.25, 0.3) is 0 Å². The number of nitrogens with two attached hydrogens (primary N) is 1. The van der Waals surface area contributed by atoms with Crippen LogP contribution in [0.2, 0.25) is 0 Å². The highest BCUT2D eigenvalue weighted by Crippen LogP contribution is 2.25. The molecule has 1 fully saturated rings. The summed E-state index contributed by atoms with van der Waals surface area (Å²) in [5.41, 5.74) is 7.57. The van der Waals surface area contributed by atoms with Gasteiger partial charge in [-0.25, -0.2) is 4.98 Å². The Labute approximate surface area is 112 Å². The van der Waals surface area contributed by atoms with E-state index in [9.17, 15) is 5.26 Å². The molecule has 0 bridgehead atoms. The molecule has 0 amide bonds. The number of fused-ring (bicyclic) bond motifs is 1. The van der Waals surface area contributed by atoms with Crippen molar-refractivity contribution >= 4 is 16.7 Å². The van der Waals surface area contributed by atoms with Gasteiger partial charge in [-0.05, 0) is 25.0 Å². The molecular weight excluding hydrogens is 236 g/mol. The first-order valence-electron chi connectivity index (χ1n) is 6.58. The Bertz CT molecular complexity index is 644. The van der Waals surface area contributed by atoms with Gasteiger partial charge in [0, 0.05) is 24.5 Å². The number of pyridine rings is 1. The van der Waals surface area contributed by atoms with Gasteiger partial charge in [0.1, 0.15) is 11.9 Å². The third-order valence-electron chi connectivity index (χ3n) is 3.58. The number of nitriles is 1. The Balaban J connectivity index is 2.08. The lowest BCUT2D eigenvalue weighted by Crippen LogP contribution is -2.43. The average Bonchev–Trinajstić information content (AvgIpc) is 2.46. The topological polar surface area (TPSA) is 65.9 Å². The fourth-order valence-electron chi connectivity index (χ4n) is 2.63. The van der Waals surface area contributed by atoms with Crippen molar-refractivity contribution in [2.45, 2.75) is 18.9 Å². The minimum atomic E-state index is 0.175. The lowest BCUT2D eigenvalue weighted by atomic mass is 10.1. The molecule has 19 heavy (non-hydrogen) atoms. The molecule has 96 valence electrons. The van der Waals surface area contributed by atoms with E-state index >= 15 is 0 Å². The van der Waals surface area contributed by atoms with Crippen molar-refractivity contribution in [3.63, 3.8) is 0 Å². The average molecular weight is 252 g/mol. The molecule has 1 unspecified atom stereocenters. The summed E-state index contributed by atoms with van der Waals surface area (Å²) >= 11 is 0. The van der Waals surface area contributed by atoms with Crippen LogP contribution in [0.5, 0.6) is 0 Å². The van der Waals surface area contributed by atoms with E-state index in [1.165, 1.54) is 0 Å². The van der Waals surface area contributed by atoms with Crippen molar-refractivity contribution in [1.29, 1.82) is 5.26 Å². The molecule has 2 aromatic rings. The molecule has 4 nitrogen and oxygen atoms in total. The van der Waals surface area contributed by atoms with Gasteiger partial charge in [0.2, 0.25) is 0 Å². The molecule has 0 radical (unpaired) electrons. The number of benzene rings is 1. The van der Waals surface area contributed by atoms with E-state index in [1.807, 2.05) is 30.3 Å². The summed E-state index contributed by atoms with van der Waals surface area (Å²) in [6.07, 6.45) is 2.10. The largest absolute Gasteiger partial charge is 0.354 e. The molecule has 2 heterocycles. The van der Waals surface area contributed by atoms with Gasteiger partial charge in [0.15, 0.2) is 0 Å². The van der Waals surface area contributed by atoms with Gasteiger partial charge in [-0.3, -0.25) is 0 Å². The highest BCUT2D eigenvalue weighted by atomic mass is 15.2. The second-order valence-electron chi connectivity index (χ2n) is 5.01. The molecule has 1 atom stereocenters. The van der Waals surface area contributed by atoms with Gasteiger partial charge in [-0.1, -0.05) is 18.2 Å². The van der Waals surface area contributed by atoms with Crippen LogP contribution in [0, 0.1) is 11.3 Å². The molecule has 4 heteroatoms. The van der Waals surface area contributed by atoms with Gasteiger partial charge < -0.3 is 10.6 Å². The van der Waals surface area contributed by atoms with E-state index in [4.69, 9.17) is 5.73 Å². The molecule has 1 aliphatic heterocycles. The first-order chi connectivity index (χ1) is 9.28. The zero-order chi connectivity index (χ0) is 13.2. The van der Waals surface area contributed by atoms with E-state index in [0.717, 1.165) is 42.7 Å². The number of nitrogens with zero attached hydrogens (tertiary/aromatic N) is 3. The van der Waals surface area contributed by atoms with Crippen LogP contribution >= 0.6 is 0 Å². The summed E-state index contributed by atoms with van der Waals surface area (Å²) in [6.45, 7) is 1.70. The molecule has 3 rings (SSSR count). The van der Waals surface area contributed by atoms with E-state index in [-0.39, 0.29) is 6.04 Å². The number of para-hydroxylation sites is 1. The number of aromatic nitrogens is 1. The van der Waals surface area contributed by atoms with Gasteiger partial charge in [-0.2, -0.15) is 5.26 Å². The van der Waals surface area contributed by atoms with Crippen molar-refractivity contribution in [2.75, 3.05) is 18.0 Å². The summed E-state index contributed by atoms with van der Waals surface area (Å²) in [6, 6.07) is 12.2. The Morgan fingerprint density at radius 2 is 2.21 bits per heavy atom. The minimum absolute atomic E-state index is 0.175. The number of rotatable bonds is 1. The Hall–Kier alpha value is -2.12. The maximum absolute atomic E-state index is 9.33. The lowest BCUT2D eigenvalue weighted by molar-refractivity contribution is 0.503. The maximum atomic E-state index is 9.33. The smallest absolute Gasteiger partial charge is 0.147 e. The SMILES string of the molecule is N#Cc1cc2ccccc2nc1N1CCCC(N)C1. The predicted molar refractivity (Wildman–Crippen MR) is 75.9 cm³/mol. The predicted octanol–water partition coefficient (Wildman–Crippen LogP) is 2.03. The zero-order valence-corrected chi connectivity index (χ0v) is 10.7. The maximum Gasteiger partial charge on any atom is 0.147 e. The van der Waals surface area contributed by atoms with Crippen LogP contribution in [0.4, 0.5) is 5.82 Å². The monoisotopic (exact) mass is 252 g/mol. The van der Waals surface area contributed by atoms with Crippen molar-refractivity contribution in [1.82, 2.24) is 4.98 Å². The second-order valence-corrected chi connectivity index (χ2v) is 5.01. The van der Waals surface area contributed by atoms with Gasteiger partial charge in [0.05, 0.1) is 11.1 Å². The van der Waals surface area contributed by atoms with Gasteiger partial charge in [-0.15, -0.1) is 0 Å². The molecule has 1 saturated heterocycles. The summed E-state index contributed by atoms with van der Waals surface area (Å²) < 4.78 is 0. The standard InChI is InChI=1S/C15H16N4/c16-9-12-8-11-4-1-2-6-14(11)18-15(12)19-7-3-5-13(17)10-19/h1-2,4,6,8,13H,3,5,7,10,17H2. The van der Waals surface area contributed by atoms with E-state index in [1.54, 1.807) is 0 Å². The van der Waals surface area contributed by atoms with Gasteiger partial charge >= 0.3 is 0 Å². The van der Waals surface area contributed by atoms with Crippen LogP contribution in [0.3, 0.4) is 0 Å². The molecule has 0 saturated carbocycles. The first-order valence-corrected chi connectivity index (χ1v) is 6.58. The Kier molecular flexibility index (Phi) is 3.06. The van der Waals surface area contributed by atoms with E-state index in [2.05, 4.69) is 16.0 Å². The number of hydrogen-bond acceptors (Lipinski definition) is 4. The third-order valence-corrected chi connectivity index (χ3v) is 3.58. The van der Waals surface area contributed by atoms with Crippen LogP contribution in [0.1, 0.15) is 18.4 Å². The second kappa shape index (κ2) is 4.87. The summed E-state index contributed by atoms with van der Waals surface area (Å²) in [5, 5.41) is 10.3. The Morgan fingerprint density at radius 1 is 1.37 bits per heavy atom. The normalized spacial score (nSPS) is 19.4. The third kappa shape index (κ3) is 2.25. The van der Waals surface area contributed by atoms with Crippen LogP contribution in [0.15, 0.2) is 30.3 Å². The van der Waals surface area contributed by atoms with Crippen LogP contribution in [0.25, 0.3) is 10.9 Å². The van der Waals surface area contributed by atoms with E-state index in [0.29, 0.717) is 5.56 Å². The molecular formula is C15H16N4. The molecule has 2 N–H and O–H groups in total. The van der Waals surface area contributed by atoms with Crippen LogP contribution in [-0.2, 0) is 0 Å². The molecule has 1 aromatic carbocycles. The van der Waals surface area contributed by atoms with E-state index < -0.39 is 0 Å². The van der Waals surface area contributed by atoms with Crippen molar-refractivity contribution in [3.05, 3.63) is 35.9 Å². The molecule has 1 aliphatic rings. The highest BCUT2D eigenvalue weighted by Gasteiger charge is 2.20. The lowest BCUT2D eigenvalue weighted by Gasteiger charge is -2.32. The Morgan fingerprint density at radius 3 is 3.00 bits per heavy atom. The molecule has 0 spiro atoms. The summed E-state index contributed by atoms with van der Waals surface area (Å²) in [4.78, 5) is 6.79. The molecule has 0 aliphatic carbocycles. The molecule has 1 aromatic heterocycles. The fourth-order valence-corrected chi connectivity index (χ4v) is 2.63. The number of piperidine rings is 1. The van der Waals surface area contributed by atoms with Crippen LogP contribution < -0.4 is 10.6 Å². The van der Waals surface area contributed by atoms with Crippen molar-refractivity contribution < 1.29 is 0 Å². The van der Waals surface area contributed by atoms with Crippen LogP contribution in [-0.4, -0.2) is 24.1 Å². The highest BCUT2D eigenvalue weighted by molar-refractivity contribution is 5.83.